The van der Waals surface area contributed by atoms with Gasteiger partial charge in [0.15, 0.2) is 0 Å². The maximum Gasteiger partial charge on any atom is 0.272 e. The number of benzene rings is 2. The van der Waals surface area contributed by atoms with E-state index >= 15 is 0 Å². The van der Waals surface area contributed by atoms with Crippen molar-refractivity contribution < 1.29 is 4.79 Å². The Balaban J connectivity index is 1.69. The lowest BCUT2D eigenvalue weighted by Crippen LogP contribution is -2.18. The highest BCUT2D eigenvalue weighted by Crippen LogP contribution is 2.24. The number of aryl methyl sites for hydroxylation is 1. The highest BCUT2D eigenvalue weighted by atomic mass is 32.1. The number of carbonyl (C=O) groups excluding carboxylic acids is 1. The summed E-state index contributed by atoms with van der Waals surface area (Å²) in [7, 11) is 0. The minimum atomic E-state index is -0.254. The van der Waals surface area contributed by atoms with Crippen molar-refractivity contribution in [3.63, 3.8) is 0 Å². The number of nitrogens with zero attached hydrogens (tertiary/aromatic N) is 2. The van der Waals surface area contributed by atoms with Gasteiger partial charge >= 0.3 is 0 Å². The first-order valence-electron chi connectivity index (χ1n) is 8.56. The monoisotopic (exact) mass is 371 g/mol. The van der Waals surface area contributed by atoms with Gasteiger partial charge in [-0.25, -0.2) is 10.4 Å². The standard InChI is InChI=1S/C22H17N3OS/c1-15-11-12-17(27-15)14-23-25-22(26)19-13-21(16-7-3-2-4-8-16)24-20-10-6-5-9-18(19)20/h2-14H,1H3,(H,25,26)/b23-14-. The summed E-state index contributed by atoms with van der Waals surface area (Å²) in [5, 5.41) is 4.91. The second kappa shape index (κ2) is 7.51. The molecule has 4 nitrogen and oxygen atoms in total. The Morgan fingerprint density at radius 3 is 2.59 bits per heavy atom. The topological polar surface area (TPSA) is 54.4 Å². The fourth-order valence-electron chi connectivity index (χ4n) is 2.86. The Bertz CT molecular complexity index is 1130. The number of aromatic nitrogens is 1. The molecule has 0 atom stereocenters. The zero-order valence-corrected chi connectivity index (χ0v) is 15.5. The van der Waals surface area contributed by atoms with Crippen molar-refractivity contribution >= 4 is 34.4 Å². The normalized spacial score (nSPS) is 11.1. The van der Waals surface area contributed by atoms with Crippen LogP contribution in [0.15, 0.2) is 77.9 Å². The Kier molecular flexibility index (Phi) is 4.77. The molecule has 1 amide bonds. The summed E-state index contributed by atoms with van der Waals surface area (Å²) in [6, 6.07) is 23.3. The molecule has 0 aliphatic carbocycles. The summed E-state index contributed by atoms with van der Waals surface area (Å²) in [5.41, 5.74) is 5.70. The summed E-state index contributed by atoms with van der Waals surface area (Å²) in [5.74, 6) is -0.254. The maximum absolute atomic E-state index is 12.8. The van der Waals surface area contributed by atoms with Crippen LogP contribution >= 0.6 is 11.3 Å². The summed E-state index contributed by atoms with van der Waals surface area (Å²) in [4.78, 5) is 19.7. The number of carbonyl (C=O) groups is 1. The van der Waals surface area contributed by atoms with Crippen LogP contribution in [0.25, 0.3) is 22.2 Å². The fraction of sp³-hybridized carbons (Fsp3) is 0.0455. The van der Waals surface area contributed by atoms with E-state index in [-0.39, 0.29) is 5.91 Å². The zero-order chi connectivity index (χ0) is 18.6. The number of fused-ring (bicyclic) bond motifs is 1. The second-order valence-corrected chi connectivity index (χ2v) is 7.41. The lowest BCUT2D eigenvalue weighted by molar-refractivity contribution is 0.0957. The zero-order valence-electron chi connectivity index (χ0n) is 14.7. The van der Waals surface area contributed by atoms with Crippen LogP contribution < -0.4 is 5.43 Å². The third-order valence-corrected chi connectivity index (χ3v) is 5.08. The largest absolute Gasteiger partial charge is 0.272 e. The summed E-state index contributed by atoms with van der Waals surface area (Å²) in [6.07, 6.45) is 1.66. The first kappa shape index (κ1) is 17.1. The molecule has 2 aromatic heterocycles. The molecule has 4 aromatic rings. The second-order valence-electron chi connectivity index (χ2n) is 6.09. The van der Waals surface area contributed by atoms with Crippen molar-refractivity contribution in [2.75, 3.05) is 0 Å². The van der Waals surface area contributed by atoms with Gasteiger partial charge in [0.1, 0.15) is 0 Å². The number of amides is 1. The molecule has 2 aromatic carbocycles. The van der Waals surface area contributed by atoms with Crippen LogP contribution in [-0.4, -0.2) is 17.1 Å². The Labute approximate surface area is 161 Å². The van der Waals surface area contributed by atoms with Gasteiger partial charge in [-0.1, -0.05) is 48.5 Å². The van der Waals surface area contributed by atoms with Crippen LogP contribution in [0, 0.1) is 6.92 Å². The number of hydrogen-bond donors (Lipinski definition) is 1. The number of rotatable bonds is 4. The van der Waals surface area contributed by atoms with Crippen LogP contribution in [0.5, 0.6) is 0 Å². The molecular weight excluding hydrogens is 354 g/mol. The lowest BCUT2D eigenvalue weighted by Gasteiger charge is -2.09. The lowest BCUT2D eigenvalue weighted by atomic mass is 10.0. The van der Waals surface area contributed by atoms with E-state index in [2.05, 4.69) is 10.5 Å². The highest BCUT2D eigenvalue weighted by molar-refractivity contribution is 7.13. The molecule has 5 heteroatoms. The van der Waals surface area contributed by atoms with E-state index in [0.29, 0.717) is 5.56 Å². The average molecular weight is 371 g/mol. The summed E-state index contributed by atoms with van der Waals surface area (Å²) < 4.78 is 0. The number of hydrazone groups is 1. The molecule has 4 rings (SSSR count). The molecule has 0 radical (unpaired) electrons. The molecule has 0 spiro atoms. The Hall–Kier alpha value is -3.31. The molecular formula is C22H17N3OS. The van der Waals surface area contributed by atoms with Crippen LogP contribution in [-0.2, 0) is 0 Å². The number of para-hydroxylation sites is 1. The number of pyridine rings is 1. The van der Waals surface area contributed by atoms with Gasteiger partial charge in [-0.05, 0) is 31.2 Å². The molecule has 27 heavy (non-hydrogen) atoms. The third-order valence-electron chi connectivity index (χ3n) is 4.15. The molecule has 0 fully saturated rings. The molecule has 0 aliphatic rings. The van der Waals surface area contributed by atoms with Gasteiger partial charge in [-0.2, -0.15) is 5.10 Å². The predicted octanol–water partition coefficient (Wildman–Crippen LogP) is 5.04. The molecule has 1 N–H and O–H groups in total. The first-order valence-corrected chi connectivity index (χ1v) is 9.37. The minimum Gasteiger partial charge on any atom is -0.267 e. The molecule has 132 valence electrons. The van der Waals surface area contributed by atoms with Crippen LogP contribution in [0.2, 0.25) is 0 Å². The fourth-order valence-corrected chi connectivity index (χ4v) is 3.61. The van der Waals surface area contributed by atoms with E-state index in [9.17, 15) is 4.79 Å². The van der Waals surface area contributed by atoms with Crippen LogP contribution in [0.4, 0.5) is 0 Å². The first-order chi connectivity index (χ1) is 13.2. The third kappa shape index (κ3) is 3.78. The molecule has 2 heterocycles. The van der Waals surface area contributed by atoms with Gasteiger partial charge < -0.3 is 0 Å². The molecule has 0 saturated carbocycles. The van der Waals surface area contributed by atoms with Gasteiger partial charge in [0.05, 0.1) is 23.0 Å². The molecule has 0 bridgehead atoms. The van der Waals surface area contributed by atoms with E-state index in [0.717, 1.165) is 27.0 Å². The molecule has 0 saturated heterocycles. The van der Waals surface area contributed by atoms with Gasteiger partial charge in [-0.3, -0.25) is 4.79 Å². The number of thiophene rings is 1. The number of nitrogens with one attached hydrogen (secondary N) is 1. The maximum atomic E-state index is 12.8. The van der Waals surface area contributed by atoms with Crippen molar-refractivity contribution in [2.24, 2.45) is 5.10 Å². The van der Waals surface area contributed by atoms with E-state index in [1.807, 2.05) is 79.7 Å². The molecule has 0 aliphatic heterocycles. The van der Waals surface area contributed by atoms with Gasteiger partial charge in [0.2, 0.25) is 0 Å². The van der Waals surface area contributed by atoms with Crippen LogP contribution in [0.1, 0.15) is 20.1 Å². The van der Waals surface area contributed by atoms with E-state index in [1.54, 1.807) is 17.6 Å². The van der Waals surface area contributed by atoms with Crippen molar-refractivity contribution in [1.29, 1.82) is 0 Å². The summed E-state index contributed by atoms with van der Waals surface area (Å²) >= 11 is 1.63. The smallest absolute Gasteiger partial charge is 0.267 e. The minimum absolute atomic E-state index is 0.254. The van der Waals surface area contributed by atoms with Crippen molar-refractivity contribution in [3.05, 3.63) is 88.1 Å². The van der Waals surface area contributed by atoms with E-state index < -0.39 is 0 Å². The molecule has 0 unspecified atom stereocenters. The van der Waals surface area contributed by atoms with Gasteiger partial charge in [0.25, 0.3) is 5.91 Å². The van der Waals surface area contributed by atoms with Crippen molar-refractivity contribution in [3.8, 4) is 11.3 Å². The van der Waals surface area contributed by atoms with Crippen LogP contribution in [0.3, 0.4) is 0 Å². The highest BCUT2D eigenvalue weighted by Gasteiger charge is 2.13. The van der Waals surface area contributed by atoms with Crippen molar-refractivity contribution in [1.82, 2.24) is 10.4 Å². The van der Waals surface area contributed by atoms with E-state index in [1.165, 1.54) is 4.88 Å². The van der Waals surface area contributed by atoms with E-state index in [4.69, 9.17) is 4.98 Å². The average Bonchev–Trinajstić information content (AvgIpc) is 3.12. The Morgan fingerprint density at radius 2 is 1.81 bits per heavy atom. The SMILES string of the molecule is Cc1ccc(/C=N\NC(=O)c2cc(-c3ccccc3)nc3ccccc23)s1. The van der Waals surface area contributed by atoms with Gasteiger partial charge in [0, 0.05) is 20.7 Å². The Morgan fingerprint density at radius 1 is 1.04 bits per heavy atom. The number of hydrogen-bond acceptors (Lipinski definition) is 4. The quantitative estimate of drug-likeness (QED) is 0.404. The summed E-state index contributed by atoms with van der Waals surface area (Å²) in [6.45, 7) is 2.04. The predicted molar refractivity (Wildman–Crippen MR) is 111 cm³/mol. The van der Waals surface area contributed by atoms with Crippen molar-refractivity contribution in [2.45, 2.75) is 6.92 Å². The van der Waals surface area contributed by atoms with Gasteiger partial charge in [-0.15, -0.1) is 11.3 Å².